The van der Waals surface area contributed by atoms with E-state index in [0.717, 1.165) is 28.4 Å². The molecule has 0 N–H and O–H groups in total. The van der Waals surface area contributed by atoms with Gasteiger partial charge in [-0.15, -0.1) is 5.10 Å². The van der Waals surface area contributed by atoms with Gasteiger partial charge in [-0.2, -0.15) is 0 Å². The third kappa shape index (κ3) is 1.61. The molecule has 4 rings (SSSR count). The predicted molar refractivity (Wildman–Crippen MR) is 75.9 cm³/mol. The number of para-hydroxylation sites is 1. The van der Waals surface area contributed by atoms with Crippen LogP contribution in [0.2, 0.25) is 0 Å². The van der Waals surface area contributed by atoms with Crippen LogP contribution >= 0.6 is 0 Å². The number of benzene rings is 2. The van der Waals surface area contributed by atoms with Gasteiger partial charge in [0, 0.05) is 5.56 Å². The highest BCUT2D eigenvalue weighted by Crippen LogP contribution is 2.37. The average molecular weight is 263 g/mol. The van der Waals surface area contributed by atoms with E-state index >= 15 is 0 Å². The number of fused-ring (bicyclic) bond motifs is 3. The quantitative estimate of drug-likeness (QED) is 0.677. The van der Waals surface area contributed by atoms with Crippen LogP contribution in [0.25, 0.3) is 16.9 Å². The molecule has 3 aromatic rings. The first-order valence-corrected chi connectivity index (χ1v) is 6.57. The van der Waals surface area contributed by atoms with E-state index in [1.807, 2.05) is 28.9 Å². The van der Waals surface area contributed by atoms with Crippen molar-refractivity contribution in [2.75, 3.05) is 0 Å². The smallest absolute Gasteiger partial charge is 0.134 e. The molecule has 4 nitrogen and oxygen atoms in total. The van der Waals surface area contributed by atoms with E-state index in [4.69, 9.17) is 4.74 Å². The molecule has 0 atom stereocenters. The fraction of sp³-hybridized carbons (Fsp3) is 0.125. The topological polar surface area (TPSA) is 39.9 Å². The highest BCUT2D eigenvalue weighted by molar-refractivity contribution is 5.72. The minimum Gasteiger partial charge on any atom is -0.486 e. The molecule has 0 bridgehead atoms. The van der Waals surface area contributed by atoms with E-state index in [1.54, 1.807) is 0 Å². The normalized spacial score (nSPS) is 12.4. The van der Waals surface area contributed by atoms with Crippen LogP contribution in [0, 0.1) is 6.92 Å². The van der Waals surface area contributed by atoms with Gasteiger partial charge in [-0.25, -0.2) is 4.68 Å². The lowest BCUT2D eigenvalue weighted by molar-refractivity contribution is 0.297. The van der Waals surface area contributed by atoms with E-state index in [0.29, 0.717) is 6.61 Å². The molecule has 1 aliphatic rings. The number of aryl methyl sites for hydroxylation is 1. The zero-order chi connectivity index (χ0) is 13.5. The molecule has 0 amide bonds. The SMILES string of the molecule is Cc1ccc(-n2nnc3c2-c2ccccc2OC3)cc1. The summed E-state index contributed by atoms with van der Waals surface area (Å²) in [5, 5.41) is 8.53. The Kier molecular flexibility index (Phi) is 2.36. The highest BCUT2D eigenvalue weighted by atomic mass is 16.5. The van der Waals surface area contributed by atoms with Crippen LogP contribution in [0.1, 0.15) is 11.3 Å². The molecule has 0 unspecified atom stereocenters. The minimum atomic E-state index is 0.470. The van der Waals surface area contributed by atoms with Crippen molar-refractivity contribution in [1.82, 2.24) is 15.0 Å². The minimum absolute atomic E-state index is 0.470. The van der Waals surface area contributed by atoms with Gasteiger partial charge in [-0.05, 0) is 31.2 Å². The number of rotatable bonds is 1. The van der Waals surface area contributed by atoms with Crippen molar-refractivity contribution in [1.29, 1.82) is 0 Å². The Bertz CT molecular complexity index is 775. The summed E-state index contributed by atoms with van der Waals surface area (Å²) >= 11 is 0. The second-order valence-corrected chi connectivity index (χ2v) is 4.92. The third-order valence-corrected chi connectivity index (χ3v) is 3.53. The standard InChI is InChI=1S/C16H13N3O/c1-11-6-8-12(9-7-11)19-16-13-4-2-3-5-15(13)20-10-14(16)17-18-19/h2-9H,10H2,1H3. The monoisotopic (exact) mass is 263 g/mol. The summed E-state index contributed by atoms with van der Waals surface area (Å²) in [6, 6.07) is 16.3. The Morgan fingerprint density at radius 1 is 1.05 bits per heavy atom. The lowest BCUT2D eigenvalue weighted by Crippen LogP contribution is -2.07. The van der Waals surface area contributed by atoms with Gasteiger partial charge in [-0.3, -0.25) is 0 Å². The fourth-order valence-corrected chi connectivity index (χ4v) is 2.48. The summed E-state index contributed by atoms with van der Waals surface area (Å²) in [6.07, 6.45) is 0. The Labute approximate surface area is 116 Å². The van der Waals surface area contributed by atoms with E-state index in [-0.39, 0.29) is 0 Å². The van der Waals surface area contributed by atoms with Gasteiger partial charge in [0.1, 0.15) is 23.7 Å². The first-order valence-electron chi connectivity index (χ1n) is 6.57. The average Bonchev–Trinajstić information content (AvgIpc) is 2.92. The molecular formula is C16H13N3O. The molecule has 0 fully saturated rings. The molecule has 4 heteroatoms. The number of aromatic nitrogens is 3. The summed E-state index contributed by atoms with van der Waals surface area (Å²) in [5.74, 6) is 0.885. The number of nitrogens with zero attached hydrogens (tertiary/aromatic N) is 3. The molecule has 2 aromatic carbocycles. The van der Waals surface area contributed by atoms with Crippen LogP contribution in [0.4, 0.5) is 0 Å². The van der Waals surface area contributed by atoms with E-state index in [1.165, 1.54) is 5.56 Å². The largest absolute Gasteiger partial charge is 0.486 e. The molecular weight excluding hydrogens is 250 g/mol. The van der Waals surface area contributed by atoms with Crippen LogP contribution < -0.4 is 4.74 Å². The van der Waals surface area contributed by atoms with Crippen molar-refractivity contribution in [2.45, 2.75) is 13.5 Å². The number of hydrogen-bond acceptors (Lipinski definition) is 3. The van der Waals surface area contributed by atoms with Crippen molar-refractivity contribution >= 4 is 0 Å². The molecule has 0 saturated heterocycles. The Morgan fingerprint density at radius 3 is 2.70 bits per heavy atom. The van der Waals surface area contributed by atoms with Crippen LogP contribution in [-0.4, -0.2) is 15.0 Å². The maximum Gasteiger partial charge on any atom is 0.134 e. The van der Waals surface area contributed by atoms with E-state index in [9.17, 15) is 0 Å². The van der Waals surface area contributed by atoms with Gasteiger partial charge in [0.25, 0.3) is 0 Å². The Balaban J connectivity index is 1.93. The van der Waals surface area contributed by atoms with Crippen LogP contribution in [0.3, 0.4) is 0 Å². The van der Waals surface area contributed by atoms with Gasteiger partial charge in [0.2, 0.25) is 0 Å². The second kappa shape index (κ2) is 4.20. The van der Waals surface area contributed by atoms with E-state index < -0.39 is 0 Å². The van der Waals surface area contributed by atoms with Gasteiger partial charge in [-0.1, -0.05) is 35.0 Å². The molecule has 0 aliphatic carbocycles. The maximum atomic E-state index is 5.70. The van der Waals surface area contributed by atoms with Gasteiger partial charge >= 0.3 is 0 Å². The molecule has 1 aliphatic heterocycles. The summed E-state index contributed by atoms with van der Waals surface area (Å²) in [4.78, 5) is 0. The predicted octanol–water partition coefficient (Wildman–Crippen LogP) is 3.14. The zero-order valence-electron chi connectivity index (χ0n) is 11.1. The summed E-state index contributed by atoms with van der Waals surface area (Å²) < 4.78 is 7.59. The van der Waals surface area contributed by atoms with Crippen LogP contribution in [0.5, 0.6) is 5.75 Å². The van der Waals surface area contributed by atoms with Crippen LogP contribution in [-0.2, 0) is 6.61 Å². The van der Waals surface area contributed by atoms with Gasteiger partial charge < -0.3 is 4.74 Å². The Hall–Kier alpha value is -2.62. The van der Waals surface area contributed by atoms with Crippen molar-refractivity contribution in [3.05, 3.63) is 59.8 Å². The van der Waals surface area contributed by atoms with Gasteiger partial charge in [0.15, 0.2) is 0 Å². The summed E-state index contributed by atoms with van der Waals surface area (Å²) in [7, 11) is 0. The van der Waals surface area contributed by atoms with Crippen molar-refractivity contribution in [3.8, 4) is 22.7 Å². The molecule has 2 heterocycles. The first kappa shape index (κ1) is 11.2. The first-order chi connectivity index (χ1) is 9.83. The molecule has 98 valence electrons. The lowest BCUT2D eigenvalue weighted by Gasteiger charge is -2.17. The summed E-state index contributed by atoms with van der Waals surface area (Å²) in [5.41, 5.74) is 5.19. The fourth-order valence-electron chi connectivity index (χ4n) is 2.48. The maximum absolute atomic E-state index is 5.70. The molecule has 0 radical (unpaired) electrons. The molecule has 20 heavy (non-hydrogen) atoms. The number of hydrogen-bond donors (Lipinski definition) is 0. The summed E-state index contributed by atoms with van der Waals surface area (Å²) in [6.45, 7) is 2.54. The Morgan fingerprint density at radius 2 is 1.85 bits per heavy atom. The van der Waals surface area contributed by atoms with E-state index in [2.05, 4.69) is 41.5 Å². The van der Waals surface area contributed by atoms with Crippen molar-refractivity contribution < 1.29 is 4.74 Å². The van der Waals surface area contributed by atoms with Gasteiger partial charge in [0.05, 0.1) is 5.69 Å². The van der Waals surface area contributed by atoms with Crippen LogP contribution in [0.15, 0.2) is 48.5 Å². The number of ether oxygens (including phenoxy) is 1. The highest BCUT2D eigenvalue weighted by Gasteiger charge is 2.23. The molecule has 1 aromatic heterocycles. The van der Waals surface area contributed by atoms with Crippen molar-refractivity contribution in [3.63, 3.8) is 0 Å². The van der Waals surface area contributed by atoms with Crippen molar-refractivity contribution in [2.24, 2.45) is 0 Å². The zero-order valence-corrected chi connectivity index (χ0v) is 11.1. The third-order valence-electron chi connectivity index (χ3n) is 3.53. The lowest BCUT2D eigenvalue weighted by atomic mass is 10.1. The molecule has 0 saturated carbocycles. The second-order valence-electron chi connectivity index (χ2n) is 4.92. The molecule has 0 spiro atoms.